The third-order valence-electron chi connectivity index (χ3n) is 9.65. The van der Waals surface area contributed by atoms with Crippen LogP contribution in [-0.2, 0) is 14.3 Å². The summed E-state index contributed by atoms with van der Waals surface area (Å²) in [6.07, 6.45) is 14.0. The van der Waals surface area contributed by atoms with Crippen LogP contribution in [0.1, 0.15) is 86.0 Å². The van der Waals surface area contributed by atoms with E-state index < -0.39 is 22.9 Å². The van der Waals surface area contributed by atoms with Gasteiger partial charge in [0, 0.05) is 17.4 Å². The molecular weight excluding hydrogens is 414 g/mol. The van der Waals surface area contributed by atoms with Gasteiger partial charge in [-0.15, -0.1) is 0 Å². The molecule has 5 heteroatoms. The largest absolute Gasteiger partial charge is 0.434 e. The van der Waals surface area contributed by atoms with Crippen molar-refractivity contribution in [3.05, 3.63) is 23.8 Å². The molecule has 1 N–H and O–H groups in total. The lowest BCUT2D eigenvalue weighted by molar-refractivity contribution is -0.162. The minimum atomic E-state index is -1.35. The first-order chi connectivity index (χ1) is 15.5. The number of amides is 1. The Morgan fingerprint density at radius 3 is 2.58 bits per heavy atom. The highest BCUT2D eigenvalue weighted by molar-refractivity contribution is 6.29. The Morgan fingerprint density at radius 1 is 1.15 bits per heavy atom. The third-order valence-corrected chi connectivity index (χ3v) is 9.65. The fourth-order valence-corrected chi connectivity index (χ4v) is 7.79. The third kappa shape index (κ3) is 3.89. The quantitative estimate of drug-likeness (QED) is 0.324. The summed E-state index contributed by atoms with van der Waals surface area (Å²) in [5.41, 5.74) is -0.116. The van der Waals surface area contributed by atoms with E-state index in [0.717, 1.165) is 44.9 Å². The molecular formula is C28H41NO4. The number of alkyl carbamates (subject to hydrolysis) is 1. The Hall–Kier alpha value is -1.91. The van der Waals surface area contributed by atoms with E-state index in [1.54, 1.807) is 5.57 Å². The highest BCUT2D eigenvalue weighted by atomic mass is 16.6. The van der Waals surface area contributed by atoms with Crippen LogP contribution in [0.25, 0.3) is 0 Å². The van der Waals surface area contributed by atoms with Gasteiger partial charge in [0.15, 0.2) is 11.9 Å². The summed E-state index contributed by atoms with van der Waals surface area (Å²) in [6, 6.07) is 0. The Balaban J connectivity index is 1.58. The van der Waals surface area contributed by atoms with Crippen molar-refractivity contribution < 1.29 is 19.1 Å². The van der Waals surface area contributed by atoms with E-state index in [9.17, 15) is 14.4 Å². The van der Waals surface area contributed by atoms with Gasteiger partial charge in [-0.25, -0.2) is 4.79 Å². The van der Waals surface area contributed by atoms with E-state index in [2.05, 4.69) is 58.2 Å². The molecule has 0 spiro atoms. The number of nitrogens with one attached hydrogen (secondary N) is 1. The van der Waals surface area contributed by atoms with Gasteiger partial charge in [-0.3, -0.25) is 9.59 Å². The minimum Gasteiger partial charge on any atom is -0.434 e. The number of ketones is 1. The van der Waals surface area contributed by atoms with Crippen LogP contribution in [0.15, 0.2) is 23.8 Å². The maximum absolute atomic E-state index is 13.1. The number of allylic oxidation sites excluding steroid dienone is 4. The molecule has 4 aliphatic carbocycles. The van der Waals surface area contributed by atoms with Gasteiger partial charge < -0.3 is 10.1 Å². The highest BCUT2D eigenvalue weighted by Crippen LogP contribution is 2.67. The van der Waals surface area contributed by atoms with E-state index in [-0.39, 0.29) is 16.7 Å². The van der Waals surface area contributed by atoms with Crippen LogP contribution in [0, 0.1) is 34.0 Å². The summed E-state index contributed by atoms with van der Waals surface area (Å²) in [6.45, 7) is 11.3. The van der Waals surface area contributed by atoms with Gasteiger partial charge in [0.1, 0.15) is 0 Å². The number of aldehydes is 1. The van der Waals surface area contributed by atoms with E-state index >= 15 is 0 Å². The average Bonchev–Trinajstić information content (AvgIpc) is 3.05. The number of ether oxygens (including phenoxy) is 1. The van der Waals surface area contributed by atoms with Gasteiger partial charge >= 0.3 is 6.09 Å². The van der Waals surface area contributed by atoms with Crippen molar-refractivity contribution in [3.63, 3.8) is 0 Å². The van der Waals surface area contributed by atoms with Crippen molar-refractivity contribution in [1.82, 2.24) is 5.32 Å². The lowest BCUT2D eigenvalue weighted by Crippen LogP contribution is -2.60. The van der Waals surface area contributed by atoms with Gasteiger partial charge in [-0.1, -0.05) is 58.4 Å². The zero-order chi connectivity index (χ0) is 24.1. The zero-order valence-corrected chi connectivity index (χ0v) is 21.0. The normalized spacial score (nSPS) is 39.5. The topological polar surface area (TPSA) is 72.5 Å². The monoisotopic (exact) mass is 455 g/mol. The van der Waals surface area contributed by atoms with Crippen molar-refractivity contribution in [3.8, 4) is 0 Å². The summed E-state index contributed by atoms with van der Waals surface area (Å²) >= 11 is 0. The smallest absolute Gasteiger partial charge is 0.408 e. The number of hydrogen-bond donors (Lipinski definition) is 1. The van der Waals surface area contributed by atoms with Crippen LogP contribution in [0.2, 0.25) is 0 Å². The molecule has 0 heterocycles. The van der Waals surface area contributed by atoms with E-state index in [4.69, 9.17) is 4.74 Å². The van der Waals surface area contributed by atoms with Gasteiger partial charge in [0.2, 0.25) is 5.78 Å². The van der Waals surface area contributed by atoms with Crippen LogP contribution < -0.4 is 5.32 Å². The minimum absolute atomic E-state index is 0.0877. The summed E-state index contributed by atoms with van der Waals surface area (Å²) in [5.74, 6) is 0.714. The molecule has 4 rings (SSSR count). The molecule has 0 aromatic heterocycles. The molecule has 5 nitrogen and oxygen atoms in total. The van der Waals surface area contributed by atoms with Crippen molar-refractivity contribution in [2.45, 2.75) is 91.6 Å². The number of Topliss-reactive ketones (excluding diaryl/α,β-unsaturated/α-hetero) is 1. The molecule has 3 saturated carbocycles. The average molecular weight is 456 g/mol. The fraction of sp³-hybridized carbons (Fsp3) is 0.750. The SMILES string of the molecule is CC(C)(C)CCNC(=O)O[C@]1(C(=O)C=O)CC[C@H]2[C@@H]3CCC4=CCC=C[C@]4(C)[C@H]3CC[C@@]21C. The second kappa shape index (κ2) is 8.39. The molecule has 0 aromatic carbocycles. The molecule has 33 heavy (non-hydrogen) atoms. The number of hydrogen-bond acceptors (Lipinski definition) is 4. The molecule has 6 atom stereocenters. The van der Waals surface area contributed by atoms with E-state index in [0.29, 0.717) is 31.1 Å². The predicted octanol–water partition coefficient (Wildman–Crippen LogP) is 5.78. The van der Waals surface area contributed by atoms with Crippen LogP contribution >= 0.6 is 0 Å². The van der Waals surface area contributed by atoms with Gasteiger partial charge in [-0.05, 0) is 74.5 Å². The first-order valence-corrected chi connectivity index (χ1v) is 12.8. The second-order valence-electron chi connectivity index (χ2n) is 12.5. The Morgan fingerprint density at radius 2 is 1.88 bits per heavy atom. The molecule has 182 valence electrons. The van der Waals surface area contributed by atoms with E-state index in [1.807, 2.05) is 0 Å². The summed E-state index contributed by atoms with van der Waals surface area (Å²) in [4.78, 5) is 37.7. The Kier molecular flexibility index (Phi) is 6.16. The van der Waals surface area contributed by atoms with E-state index in [1.165, 1.54) is 0 Å². The van der Waals surface area contributed by atoms with Crippen molar-refractivity contribution >= 4 is 18.2 Å². The molecule has 4 aliphatic rings. The van der Waals surface area contributed by atoms with Crippen molar-refractivity contribution in [2.24, 2.45) is 34.0 Å². The molecule has 0 aromatic rings. The van der Waals surface area contributed by atoms with Crippen LogP contribution in [0.4, 0.5) is 4.79 Å². The molecule has 0 unspecified atom stereocenters. The molecule has 3 fully saturated rings. The van der Waals surface area contributed by atoms with Crippen LogP contribution in [0.5, 0.6) is 0 Å². The first-order valence-electron chi connectivity index (χ1n) is 12.8. The maximum Gasteiger partial charge on any atom is 0.408 e. The van der Waals surface area contributed by atoms with Crippen LogP contribution in [-0.4, -0.2) is 30.3 Å². The Labute approximate surface area is 198 Å². The summed E-state index contributed by atoms with van der Waals surface area (Å²) in [5, 5.41) is 2.84. The van der Waals surface area contributed by atoms with Crippen LogP contribution in [0.3, 0.4) is 0 Å². The molecule has 0 aliphatic heterocycles. The number of rotatable bonds is 5. The molecule has 0 bridgehead atoms. The van der Waals surface area contributed by atoms with Gasteiger partial charge in [0.05, 0.1) is 0 Å². The highest BCUT2D eigenvalue weighted by Gasteiger charge is 2.68. The fourth-order valence-electron chi connectivity index (χ4n) is 7.79. The summed E-state index contributed by atoms with van der Waals surface area (Å²) in [7, 11) is 0. The molecule has 0 saturated heterocycles. The van der Waals surface area contributed by atoms with Gasteiger partial charge in [-0.2, -0.15) is 0 Å². The van der Waals surface area contributed by atoms with Crippen molar-refractivity contribution in [1.29, 1.82) is 0 Å². The number of fused-ring (bicyclic) bond motifs is 5. The molecule has 1 amide bonds. The number of carbonyl (C=O) groups is 3. The molecule has 0 radical (unpaired) electrons. The summed E-state index contributed by atoms with van der Waals surface area (Å²) < 4.78 is 5.99. The standard InChI is InChI=1S/C28H41NO4/c1-25(2,3)16-17-29-24(32)33-28(23(31)18-30)15-12-22-20-10-9-19-8-6-7-13-26(19,4)21(20)11-14-27(22,28)5/h7-8,13,18,20-22H,6,9-12,14-17H2,1-5H3,(H,29,32)/t20-,21+,22+,26+,27+,28+/m1/s1. The zero-order valence-electron chi connectivity index (χ0n) is 21.0. The van der Waals surface area contributed by atoms with Gasteiger partial charge in [0.25, 0.3) is 0 Å². The maximum atomic E-state index is 13.1. The second-order valence-corrected chi connectivity index (χ2v) is 12.5. The Bertz CT molecular complexity index is 883. The van der Waals surface area contributed by atoms with Crippen molar-refractivity contribution in [2.75, 3.05) is 6.54 Å². The lowest BCUT2D eigenvalue weighted by Gasteiger charge is -2.58. The predicted molar refractivity (Wildman–Crippen MR) is 129 cm³/mol. The first kappa shape index (κ1) is 24.2. The number of carbonyl (C=O) groups excluding carboxylic acids is 3. The lowest BCUT2D eigenvalue weighted by atomic mass is 9.47.